The number of benzene rings is 1. The third-order valence-corrected chi connectivity index (χ3v) is 3.85. The maximum Gasteiger partial charge on any atom is 0.258 e. The first-order valence-electron chi connectivity index (χ1n) is 6.99. The number of ether oxygens (including phenoxy) is 1. The first-order chi connectivity index (χ1) is 9.62. The first kappa shape index (κ1) is 13.1. The minimum Gasteiger partial charge on any atom is -0.494 e. The Morgan fingerprint density at radius 2 is 2.20 bits per heavy atom. The molecule has 1 heterocycles. The predicted molar refractivity (Wildman–Crippen MR) is 75.4 cm³/mol. The van der Waals surface area contributed by atoms with Crippen LogP contribution < -0.4 is 10.5 Å². The normalized spacial score (nSPS) is 16.8. The van der Waals surface area contributed by atoms with Gasteiger partial charge in [0.1, 0.15) is 5.75 Å². The standard InChI is InChI=1S/C15H19N3O2/c1-3-19-12-9-11(6-5-10(12)2)13-17-14(18-20-13)15(16)7-4-8-15/h5-6,9H,3-4,7-8,16H2,1-2H3. The summed E-state index contributed by atoms with van der Waals surface area (Å²) in [6, 6.07) is 5.88. The number of aryl methyl sites for hydroxylation is 1. The molecular formula is C15H19N3O2. The van der Waals surface area contributed by atoms with Crippen molar-refractivity contribution in [3.05, 3.63) is 29.6 Å². The largest absolute Gasteiger partial charge is 0.494 e. The fraction of sp³-hybridized carbons (Fsp3) is 0.467. The van der Waals surface area contributed by atoms with Gasteiger partial charge in [-0.05, 0) is 50.8 Å². The van der Waals surface area contributed by atoms with Crippen molar-refractivity contribution < 1.29 is 9.26 Å². The van der Waals surface area contributed by atoms with E-state index in [0.717, 1.165) is 36.1 Å². The summed E-state index contributed by atoms with van der Waals surface area (Å²) < 4.78 is 10.9. The highest BCUT2D eigenvalue weighted by Gasteiger charge is 2.39. The maximum atomic E-state index is 6.21. The van der Waals surface area contributed by atoms with E-state index in [2.05, 4.69) is 10.1 Å². The summed E-state index contributed by atoms with van der Waals surface area (Å²) in [5.74, 6) is 1.95. The highest BCUT2D eigenvalue weighted by atomic mass is 16.5. The zero-order valence-electron chi connectivity index (χ0n) is 11.8. The van der Waals surface area contributed by atoms with Crippen LogP contribution in [0.1, 0.15) is 37.6 Å². The van der Waals surface area contributed by atoms with Gasteiger partial charge in [-0.3, -0.25) is 0 Å². The van der Waals surface area contributed by atoms with E-state index in [1.807, 2.05) is 32.0 Å². The third kappa shape index (κ3) is 2.18. The SMILES string of the molecule is CCOc1cc(-c2nc(C3(N)CCC3)no2)ccc1C. The van der Waals surface area contributed by atoms with Gasteiger partial charge in [-0.2, -0.15) is 4.98 Å². The van der Waals surface area contributed by atoms with Crippen molar-refractivity contribution in [2.75, 3.05) is 6.61 Å². The van der Waals surface area contributed by atoms with Gasteiger partial charge in [0.05, 0.1) is 12.1 Å². The molecule has 5 nitrogen and oxygen atoms in total. The molecule has 0 radical (unpaired) electrons. The minimum atomic E-state index is -0.394. The van der Waals surface area contributed by atoms with E-state index in [4.69, 9.17) is 15.0 Å². The highest BCUT2D eigenvalue weighted by molar-refractivity contribution is 5.57. The smallest absolute Gasteiger partial charge is 0.258 e. The molecule has 0 aliphatic heterocycles. The molecule has 106 valence electrons. The molecule has 5 heteroatoms. The van der Waals surface area contributed by atoms with Crippen LogP contribution in [0.15, 0.2) is 22.7 Å². The van der Waals surface area contributed by atoms with Gasteiger partial charge in [0.25, 0.3) is 5.89 Å². The monoisotopic (exact) mass is 273 g/mol. The highest BCUT2D eigenvalue weighted by Crippen LogP contribution is 2.38. The molecule has 1 aromatic carbocycles. The van der Waals surface area contributed by atoms with E-state index in [1.165, 1.54) is 0 Å². The molecule has 1 aromatic heterocycles. The topological polar surface area (TPSA) is 74.2 Å². The molecule has 2 N–H and O–H groups in total. The Labute approximate surface area is 118 Å². The van der Waals surface area contributed by atoms with Crippen molar-refractivity contribution in [1.82, 2.24) is 10.1 Å². The summed E-state index contributed by atoms with van der Waals surface area (Å²) in [5.41, 5.74) is 7.76. The molecule has 0 saturated heterocycles. The fourth-order valence-electron chi connectivity index (χ4n) is 2.37. The van der Waals surface area contributed by atoms with E-state index in [1.54, 1.807) is 0 Å². The van der Waals surface area contributed by atoms with Crippen molar-refractivity contribution in [3.63, 3.8) is 0 Å². The summed E-state index contributed by atoms with van der Waals surface area (Å²) in [6.45, 7) is 4.61. The molecule has 20 heavy (non-hydrogen) atoms. The van der Waals surface area contributed by atoms with E-state index in [9.17, 15) is 0 Å². The zero-order chi connectivity index (χ0) is 14.2. The van der Waals surface area contributed by atoms with Gasteiger partial charge in [0.15, 0.2) is 5.82 Å². The number of aromatic nitrogens is 2. The maximum absolute atomic E-state index is 6.21. The number of hydrogen-bond donors (Lipinski definition) is 1. The van der Waals surface area contributed by atoms with Crippen molar-refractivity contribution >= 4 is 0 Å². The Bertz CT molecular complexity index is 617. The number of rotatable bonds is 4. The molecule has 0 unspecified atom stereocenters. The Morgan fingerprint density at radius 1 is 1.40 bits per heavy atom. The third-order valence-electron chi connectivity index (χ3n) is 3.85. The van der Waals surface area contributed by atoms with Crippen LogP contribution in [0.3, 0.4) is 0 Å². The Morgan fingerprint density at radius 3 is 2.85 bits per heavy atom. The molecular weight excluding hydrogens is 254 g/mol. The fourth-order valence-corrected chi connectivity index (χ4v) is 2.37. The first-order valence-corrected chi connectivity index (χ1v) is 6.99. The molecule has 0 spiro atoms. The molecule has 1 saturated carbocycles. The van der Waals surface area contributed by atoms with Crippen LogP contribution in [-0.4, -0.2) is 16.7 Å². The van der Waals surface area contributed by atoms with E-state index >= 15 is 0 Å². The van der Waals surface area contributed by atoms with Crippen LogP contribution in [0.5, 0.6) is 5.75 Å². The van der Waals surface area contributed by atoms with Crippen molar-refractivity contribution in [2.24, 2.45) is 5.73 Å². The van der Waals surface area contributed by atoms with Gasteiger partial charge in [-0.15, -0.1) is 0 Å². The molecule has 1 aliphatic rings. The second-order valence-corrected chi connectivity index (χ2v) is 5.35. The second kappa shape index (κ2) is 4.90. The molecule has 0 bridgehead atoms. The molecule has 2 aromatic rings. The molecule has 3 rings (SSSR count). The van der Waals surface area contributed by atoms with Gasteiger partial charge in [-0.1, -0.05) is 11.2 Å². The van der Waals surface area contributed by atoms with E-state index < -0.39 is 5.54 Å². The summed E-state index contributed by atoms with van der Waals surface area (Å²) >= 11 is 0. The van der Waals surface area contributed by atoms with Crippen LogP contribution in [0.25, 0.3) is 11.5 Å². The van der Waals surface area contributed by atoms with Gasteiger partial charge in [0, 0.05) is 5.56 Å². The lowest BCUT2D eigenvalue weighted by atomic mass is 9.77. The van der Waals surface area contributed by atoms with Crippen LogP contribution in [0.4, 0.5) is 0 Å². The summed E-state index contributed by atoms with van der Waals surface area (Å²) in [6.07, 6.45) is 2.97. The van der Waals surface area contributed by atoms with Gasteiger partial charge < -0.3 is 15.0 Å². The zero-order valence-corrected chi connectivity index (χ0v) is 11.8. The van der Waals surface area contributed by atoms with Crippen LogP contribution >= 0.6 is 0 Å². The second-order valence-electron chi connectivity index (χ2n) is 5.35. The Hall–Kier alpha value is -1.88. The predicted octanol–water partition coefficient (Wildman–Crippen LogP) is 2.78. The summed E-state index contributed by atoms with van der Waals surface area (Å²) in [4.78, 5) is 4.45. The van der Waals surface area contributed by atoms with Crippen LogP contribution in [-0.2, 0) is 5.54 Å². The number of nitrogens with zero attached hydrogens (tertiary/aromatic N) is 2. The van der Waals surface area contributed by atoms with Crippen molar-refractivity contribution in [3.8, 4) is 17.2 Å². The molecule has 0 amide bonds. The number of nitrogens with two attached hydrogens (primary N) is 1. The lowest BCUT2D eigenvalue weighted by Gasteiger charge is -2.34. The van der Waals surface area contributed by atoms with Gasteiger partial charge in [0.2, 0.25) is 0 Å². The van der Waals surface area contributed by atoms with Crippen molar-refractivity contribution in [1.29, 1.82) is 0 Å². The summed E-state index contributed by atoms with van der Waals surface area (Å²) in [7, 11) is 0. The summed E-state index contributed by atoms with van der Waals surface area (Å²) in [5, 5.41) is 4.03. The van der Waals surface area contributed by atoms with Crippen molar-refractivity contribution in [2.45, 2.75) is 38.6 Å². The van der Waals surface area contributed by atoms with Crippen LogP contribution in [0.2, 0.25) is 0 Å². The van der Waals surface area contributed by atoms with E-state index in [-0.39, 0.29) is 0 Å². The molecule has 1 fully saturated rings. The van der Waals surface area contributed by atoms with Gasteiger partial charge >= 0.3 is 0 Å². The van der Waals surface area contributed by atoms with Gasteiger partial charge in [-0.25, -0.2) is 0 Å². The average molecular weight is 273 g/mol. The minimum absolute atomic E-state index is 0.394. The molecule has 1 aliphatic carbocycles. The Kier molecular flexibility index (Phi) is 3.22. The number of hydrogen-bond acceptors (Lipinski definition) is 5. The van der Waals surface area contributed by atoms with Crippen LogP contribution in [0, 0.1) is 6.92 Å². The quantitative estimate of drug-likeness (QED) is 0.927. The molecule has 0 atom stereocenters. The Balaban J connectivity index is 1.91. The average Bonchev–Trinajstić information content (AvgIpc) is 2.89. The lowest BCUT2D eigenvalue weighted by molar-refractivity contribution is 0.229. The lowest BCUT2D eigenvalue weighted by Crippen LogP contribution is -2.44. The van der Waals surface area contributed by atoms with E-state index in [0.29, 0.717) is 18.3 Å².